The maximum absolute atomic E-state index is 12.2. The van der Waals surface area contributed by atoms with Crippen molar-refractivity contribution in [1.82, 2.24) is 14.6 Å². The summed E-state index contributed by atoms with van der Waals surface area (Å²) in [7, 11) is 0. The van der Waals surface area contributed by atoms with Crippen LogP contribution < -0.4 is 5.32 Å². The van der Waals surface area contributed by atoms with Crippen LogP contribution in [0.4, 0.5) is 5.95 Å². The molecule has 3 rings (SSSR count). The quantitative estimate of drug-likeness (QED) is 0.789. The summed E-state index contributed by atoms with van der Waals surface area (Å²) in [5, 5.41) is 12.6. The van der Waals surface area contributed by atoms with Crippen molar-refractivity contribution in [3.63, 3.8) is 0 Å². The average molecular weight is 300 g/mol. The Morgan fingerprint density at radius 3 is 2.57 bits per heavy atom. The number of fused-ring (bicyclic) bond motifs is 1. The molecule has 6 heteroatoms. The SMILES string of the molecule is CC(C)(C)c1ccc(C(=O)Nc2nnc3sccn23)cc1. The van der Waals surface area contributed by atoms with Crippen LogP contribution in [-0.4, -0.2) is 20.5 Å². The van der Waals surface area contributed by atoms with E-state index in [4.69, 9.17) is 0 Å². The van der Waals surface area contributed by atoms with E-state index in [1.165, 1.54) is 16.9 Å². The van der Waals surface area contributed by atoms with Crippen molar-refractivity contribution in [2.24, 2.45) is 0 Å². The lowest BCUT2D eigenvalue weighted by Crippen LogP contribution is -2.15. The van der Waals surface area contributed by atoms with Crippen LogP contribution in [0.3, 0.4) is 0 Å². The molecule has 0 fully saturated rings. The van der Waals surface area contributed by atoms with E-state index in [1.54, 1.807) is 4.40 Å². The fourth-order valence-electron chi connectivity index (χ4n) is 2.02. The standard InChI is InChI=1S/C15H16N4OS/c1-15(2,3)11-6-4-10(5-7-11)12(20)16-13-17-18-14-19(13)8-9-21-14/h4-9H,1-3H3,(H,16,17,20). The predicted octanol–water partition coefficient (Wildman–Crippen LogP) is 3.34. The van der Waals surface area contributed by atoms with E-state index in [2.05, 4.69) is 36.3 Å². The van der Waals surface area contributed by atoms with Gasteiger partial charge < -0.3 is 0 Å². The zero-order valence-corrected chi connectivity index (χ0v) is 12.9. The zero-order valence-electron chi connectivity index (χ0n) is 12.1. The summed E-state index contributed by atoms with van der Waals surface area (Å²) in [6, 6.07) is 7.64. The summed E-state index contributed by atoms with van der Waals surface area (Å²) in [5.74, 6) is 0.257. The molecule has 1 N–H and O–H groups in total. The molecule has 21 heavy (non-hydrogen) atoms. The molecule has 3 aromatic rings. The molecule has 0 aliphatic rings. The number of aromatic nitrogens is 3. The Kier molecular flexibility index (Phi) is 3.25. The third-order valence-corrected chi connectivity index (χ3v) is 4.03. The van der Waals surface area contributed by atoms with Crippen LogP contribution in [0.25, 0.3) is 4.96 Å². The highest BCUT2D eigenvalue weighted by atomic mass is 32.1. The van der Waals surface area contributed by atoms with Crippen LogP contribution >= 0.6 is 11.3 Å². The van der Waals surface area contributed by atoms with Crippen molar-refractivity contribution in [3.05, 3.63) is 47.0 Å². The fourth-order valence-corrected chi connectivity index (χ4v) is 2.68. The topological polar surface area (TPSA) is 59.3 Å². The Hall–Kier alpha value is -2.21. The van der Waals surface area contributed by atoms with Crippen LogP contribution in [0.5, 0.6) is 0 Å². The summed E-state index contributed by atoms with van der Waals surface area (Å²) in [5.41, 5.74) is 1.88. The van der Waals surface area contributed by atoms with Gasteiger partial charge in [0.1, 0.15) is 0 Å². The number of hydrogen-bond donors (Lipinski definition) is 1. The number of carbonyl (C=O) groups excluding carboxylic acids is 1. The molecule has 0 bridgehead atoms. The van der Waals surface area contributed by atoms with Crippen molar-refractivity contribution in [3.8, 4) is 0 Å². The molecule has 0 radical (unpaired) electrons. The molecule has 2 heterocycles. The Balaban J connectivity index is 1.81. The molecule has 1 aromatic carbocycles. The van der Waals surface area contributed by atoms with Crippen molar-refractivity contribution < 1.29 is 4.79 Å². The molecule has 0 unspecified atom stereocenters. The number of benzene rings is 1. The summed E-state index contributed by atoms with van der Waals surface area (Å²) < 4.78 is 1.76. The lowest BCUT2D eigenvalue weighted by molar-refractivity contribution is 0.102. The van der Waals surface area contributed by atoms with Crippen LogP contribution in [-0.2, 0) is 5.41 Å². The number of hydrogen-bond acceptors (Lipinski definition) is 4. The normalized spacial score (nSPS) is 11.8. The number of rotatable bonds is 2. The fraction of sp³-hybridized carbons (Fsp3) is 0.267. The lowest BCUT2D eigenvalue weighted by Gasteiger charge is -2.18. The average Bonchev–Trinajstić information content (AvgIpc) is 3.03. The Labute approximate surface area is 126 Å². The highest BCUT2D eigenvalue weighted by molar-refractivity contribution is 7.15. The lowest BCUT2D eigenvalue weighted by atomic mass is 9.87. The van der Waals surface area contributed by atoms with Gasteiger partial charge in [0.15, 0.2) is 0 Å². The Morgan fingerprint density at radius 1 is 1.19 bits per heavy atom. The summed E-state index contributed by atoms with van der Waals surface area (Å²) in [4.78, 5) is 13.0. The molecule has 0 aliphatic heterocycles. The smallest absolute Gasteiger partial charge is 0.258 e. The first-order chi connectivity index (χ1) is 9.95. The molecule has 0 aliphatic carbocycles. The summed E-state index contributed by atoms with van der Waals surface area (Å²) in [6.07, 6.45) is 1.83. The molecular formula is C15H16N4OS. The minimum Gasteiger partial charge on any atom is -0.290 e. The van der Waals surface area contributed by atoms with E-state index in [-0.39, 0.29) is 11.3 Å². The van der Waals surface area contributed by atoms with Gasteiger partial charge in [0.2, 0.25) is 10.9 Å². The van der Waals surface area contributed by atoms with Crippen molar-refractivity contribution in [2.75, 3.05) is 5.32 Å². The van der Waals surface area contributed by atoms with E-state index < -0.39 is 0 Å². The largest absolute Gasteiger partial charge is 0.290 e. The van der Waals surface area contributed by atoms with Crippen molar-refractivity contribution in [1.29, 1.82) is 0 Å². The van der Waals surface area contributed by atoms with E-state index in [0.717, 1.165) is 4.96 Å². The van der Waals surface area contributed by atoms with Crippen LogP contribution in [0, 0.1) is 0 Å². The number of nitrogens with zero attached hydrogens (tertiary/aromatic N) is 3. The van der Waals surface area contributed by atoms with E-state index in [9.17, 15) is 4.79 Å². The first-order valence-electron chi connectivity index (χ1n) is 6.65. The van der Waals surface area contributed by atoms with Crippen molar-refractivity contribution in [2.45, 2.75) is 26.2 Å². The first kappa shape index (κ1) is 13.8. The van der Waals surface area contributed by atoms with Gasteiger partial charge in [0.05, 0.1) is 0 Å². The summed E-state index contributed by atoms with van der Waals surface area (Å²) in [6.45, 7) is 6.43. The first-order valence-corrected chi connectivity index (χ1v) is 7.53. The Bertz CT molecular complexity index is 780. The molecule has 5 nitrogen and oxygen atoms in total. The van der Waals surface area contributed by atoms with Gasteiger partial charge in [-0.15, -0.1) is 21.5 Å². The van der Waals surface area contributed by atoms with Gasteiger partial charge in [-0.25, -0.2) is 0 Å². The number of nitrogens with one attached hydrogen (secondary N) is 1. The predicted molar refractivity (Wildman–Crippen MR) is 84.0 cm³/mol. The molecule has 0 spiro atoms. The summed E-state index contributed by atoms with van der Waals surface area (Å²) >= 11 is 1.47. The van der Waals surface area contributed by atoms with Gasteiger partial charge in [-0.2, -0.15) is 0 Å². The molecule has 108 valence electrons. The molecule has 2 aromatic heterocycles. The molecular weight excluding hydrogens is 284 g/mol. The maximum atomic E-state index is 12.2. The van der Waals surface area contributed by atoms with Crippen LogP contribution in [0.1, 0.15) is 36.7 Å². The van der Waals surface area contributed by atoms with Gasteiger partial charge in [-0.3, -0.25) is 14.5 Å². The number of anilines is 1. The highest BCUT2D eigenvalue weighted by Crippen LogP contribution is 2.22. The third kappa shape index (κ3) is 2.67. The van der Waals surface area contributed by atoms with Crippen LogP contribution in [0.15, 0.2) is 35.8 Å². The zero-order chi connectivity index (χ0) is 15.0. The van der Waals surface area contributed by atoms with Gasteiger partial charge in [0.25, 0.3) is 5.91 Å². The molecule has 0 atom stereocenters. The second-order valence-corrected chi connectivity index (χ2v) is 6.73. The van der Waals surface area contributed by atoms with E-state index in [0.29, 0.717) is 11.5 Å². The van der Waals surface area contributed by atoms with Gasteiger partial charge in [0, 0.05) is 17.1 Å². The highest BCUT2D eigenvalue weighted by Gasteiger charge is 2.15. The third-order valence-electron chi connectivity index (χ3n) is 3.29. The second-order valence-electron chi connectivity index (χ2n) is 5.86. The van der Waals surface area contributed by atoms with Gasteiger partial charge in [-0.05, 0) is 23.1 Å². The molecule has 1 amide bonds. The molecule has 0 saturated heterocycles. The number of carbonyl (C=O) groups is 1. The van der Waals surface area contributed by atoms with E-state index >= 15 is 0 Å². The minimum absolute atomic E-state index is 0.0743. The van der Waals surface area contributed by atoms with Gasteiger partial charge in [-0.1, -0.05) is 32.9 Å². The Morgan fingerprint density at radius 2 is 1.90 bits per heavy atom. The molecule has 0 saturated carbocycles. The number of thiazole rings is 1. The van der Waals surface area contributed by atoms with Crippen LogP contribution in [0.2, 0.25) is 0 Å². The monoisotopic (exact) mass is 300 g/mol. The van der Waals surface area contributed by atoms with Gasteiger partial charge >= 0.3 is 0 Å². The number of amides is 1. The minimum atomic E-state index is -0.184. The van der Waals surface area contributed by atoms with E-state index in [1.807, 2.05) is 35.8 Å². The second kappa shape index (κ2) is 4.96. The van der Waals surface area contributed by atoms with Crippen molar-refractivity contribution >= 4 is 28.2 Å². The maximum Gasteiger partial charge on any atom is 0.258 e.